The molecular formula is C20H21ClFN7O. The van der Waals surface area contributed by atoms with Gasteiger partial charge in [0.05, 0.1) is 25.2 Å². The van der Waals surface area contributed by atoms with Gasteiger partial charge in [-0.05, 0) is 30.7 Å². The molecular weight excluding hydrogens is 409 g/mol. The van der Waals surface area contributed by atoms with Crippen molar-refractivity contribution >= 4 is 24.0 Å². The van der Waals surface area contributed by atoms with E-state index in [0.29, 0.717) is 23.9 Å². The molecule has 3 aromatic rings. The highest BCUT2D eigenvalue weighted by Crippen LogP contribution is 2.36. The highest BCUT2D eigenvalue weighted by Gasteiger charge is 2.27. The molecule has 8 nitrogen and oxygen atoms in total. The van der Waals surface area contributed by atoms with E-state index in [0.717, 1.165) is 29.8 Å². The molecule has 0 amide bonds. The number of nitriles is 1. The zero-order chi connectivity index (χ0) is 20.2. The van der Waals surface area contributed by atoms with Crippen molar-refractivity contribution in [3.63, 3.8) is 0 Å². The van der Waals surface area contributed by atoms with Crippen molar-refractivity contribution in [2.45, 2.75) is 18.5 Å². The van der Waals surface area contributed by atoms with Crippen LogP contribution in [0.25, 0.3) is 11.3 Å². The Labute approximate surface area is 179 Å². The summed E-state index contributed by atoms with van der Waals surface area (Å²) in [6.45, 7) is 1.19. The zero-order valence-corrected chi connectivity index (χ0v) is 17.0. The van der Waals surface area contributed by atoms with Crippen LogP contribution in [-0.2, 0) is 0 Å². The molecule has 3 N–H and O–H groups in total. The minimum absolute atomic E-state index is 0. The van der Waals surface area contributed by atoms with Crippen LogP contribution in [0, 0.1) is 11.3 Å². The molecule has 1 saturated heterocycles. The van der Waals surface area contributed by atoms with E-state index in [2.05, 4.69) is 30.8 Å². The average Bonchev–Trinajstić information content (AvgIpc) is 3.22. The van der Waals surface area contributed by atoms with Gasteiger partial charge in [-0.1, -0.05) is 6.07 Å². The van der Waals surface area contributed by atoms with Crippen molar-refractivity contribution in [1.82, 2.24) is 25.5 Å². The van der Waals surface area contributed by atoms with E-state index < -0.39 is 6.17 Å². The van der Waals surface area contributed by atoms with Gasteiger partial charge in [0.1, 0.15) is 23.8 Å². The molecule has 0 bridgehead atoms. The van der Waals surface area contributed by atoms with Gasteiger partial charge < -0.3 is 15.4 Å². The molecule has 2 atom stereocenters. The molecule has 1 aliphatic rings. The molecule has 3 heterocycles. The van der Waals surface area contributed by atoms with Crippen molar-refractivity contribution in [2.75, 3.05) is 25.5 Å². The maximum atomic E-state index is 14.3. The lowest BCUT2D eigenvalue weighted by Gasteiger charge is -2.27. The quantitative estimate of drug-likeness (QED) is 0.570. The van der Waals surface area contributed by atoms with Gasteiger partial charge >= 0.3 is 0 Å². The number of aromatic amines is 1. The van der Waals surface area contributed by atoms with E-state index in [-0.39, 0.29) is 24.0 Å². The topological polar surface area (TPSA) is 112 Å². The highest BCUT2D eigenvalue weighted by atomic mass is 35.5. The summed E-state index contributed by atoms with van der Waals surface area (Å²) in [5.74, 6) is 1.55. The number of alkyl halides is 1. The summed E-state index contributed by atoms with van der Waals surface area (Å²) in [6, 6.07) is 9.51. The van der Waals surface area contributed by atoms with Crippen molar-refractivity contribution in [2.24, 2.45) is 0 Å². The number of ether oxygens (including phenoxy) is 1. The molecule has 10 heteroatoms. The lowest BCUT2D eigenvalue weighted by atomic mass is 9.88. The zero-order valence-electron chi connectivity index (χ0n) is 16.2. The summed E-state index contributed by atoms with van der Waals surface area (Å²) in [5.41, 5.74) is 2.75. The largest absolute Gasteiger partial charge is 0.496 e. The first-order chi connectivity index (χ1) is 14.2. The third-order valence-corrected chi connectivity index (χ3v) is 4.95. The summed E-state index contributed by atoms with van der Waals surface area (Å²) < 4.78 is 19.9. The highest BCUT2D eigenvalue weighted by molar-refractivity contribution is 5.85. The maximum Gasteiger partial charge on any atom is 0.158 e. The maximum absolute atomic E-state index is 14.3. The fraction of sp³-hybridized carbons (Fsp3) is 0.300. The van der Waals surface area contributed by atoms with Crippen LogP contribution in [0.15, 0.2) is 36.7 Å². The van der Waals surface area contributed by atoms with E-state index in [1.165, 1.54) is 12.4 Å². The summed E-state index contributed by atoms with van der Waals surface area (Å²) in [4.78, 5) is 8.08. The number of methoxy groups -OCH3 is 1. The Morgan fingerprint density at radius 3 is 2.80 bits per heavy atom. The molecule has 0 aliphatic carbocycles. The molecule has 1 fully saturated rings. The molecule has 2 aromatic heterocycles. The summed E-state index contributed by atoms with van der Waals surface area (Å²) in [6.07, 6.45) is 2.70. The lowest BCUT2D eigenvalue weighted by molar-refractivity contribution is 0.231. The van der Waals surface area contributed by atoms with Gasteiger partial charge in [0.2, 0.25) is 0 Å². The first kappa shape index (κ1) is 21.5. The van der Waals surface area contributed by atoms with Crippen LogP contribution in [-0.4, -0.2) is 46.5 Å². The number of H-pyrrole nitrogens is 1. The number of anilines is 2. The van der Waals surface area contributed by atoms with E-state index in [1.54, 1.807) is 7.11 Å². The van der Waals surface area contributed by atoms with Gasteiger partial charge in [0, 0.05) is 24.1 Å². The van der Waals surface area contributed by atoms with Crippen LogP contribution < -0.4 is 15.4 Å². The van der Waals surface area contributed by atoms with E-state index >= 15 is 0 Å². The van der Waals surface area contributed by atoms with E-state index in [4.69, 9.17) is 10.00 Å². The van der Waals surface area contributed by atoms with Crippen LogP contribution in [0.5, 0.6) is 5.75 Å². The number of nitrogens with zero attached hydrogens (tertiary/aromatic N) is 4. The molecule has 1 aliphatic heterocycles. The lowest BCUT2D eigenvalue weighted by Crippen LogP contribution is -2.36. The number of halogens is 2. The monoisotopic (exact) mass is 429 g/mol. The van der Waals surface area contributed by atoms with E-state index in [9.17, 15) is 4.39 Å². The van der Waals surface area contributed by atoms with Gasteiger partial charge in [-0.15, -0.1) is 12.4 Å². The Morgan fingerprint density at radius 1 is 1.23 bits per heavy atom. The summed E-state index contributed by atoms with van der Waals surface area (Å²) in [7, 11) is 1.60. The Bertz CT molecular complexity index is 1030. The Kier molecular flexibility index (Phi) is 6.82. The van der Waals surface area contributed by atoms with Crippen molar-refractivity contribution < 1.29 is 9.13 Å². The number of rotatable bonds is 5. The van der Waals surface area contributed by atoms with Crippen LogP contribution >= 0.6 is 12.4 Å². The second-order valence-electron chi connectivity index (χ2n) is 6.77. The van der Waals surface area contributed by atoms with Crippen LogP contribution in [0.3, 0.4) is 0 Å². The van der Waals surface area contributed by atoms with Crippen LogP contribution in [0.1, 0.15) is 23.6 Å². The molecule has 156 valence electrons. The SMILES string of the molecule is COc1cc(C2CCNCC2F)ccc1-c1cc(Nc2cnc(C#N)cn2)n[nH]1.Cl. The molecule has 1 aromatic carbocycles. The molecule has 0 spiro atoms. The second kappa shape index (κ2) is 9.52. The van der Waals surface area contributed by atoms with Crippen LogP contribution in [0.2, 0.25) is 0 Å². The number of aromatic nitrogens is 4. The standard InChI is InChI=1S/C20H20FN7O.ClH/c1-29-18-6-12(14-4-5-23-10-16(14)21)2-3-15(18)17-7-19(28-27-17)26-20-11-24-13(8-22)9-25-20;/h2-3,6-7,9,11,14,16,23H,4-5,10H2,1H3,(H2,25,26,27,28);1H. The predicted octanol–water partition coefficient (Wildman–Crippen LogP) is 3.33. The third kappa shape index (κ3) is 4.50. The number of benzene rings is 1. The molecule has 30 heavy (non-hydrogen) atoms. The minimum Gasteiger partial charge on any atom is -0.496 e. The normalized spacial score (nSPS) is 18.2. The third-order valence-electron chi connectivity index (χ3n) is 4.95. The summed E-state index contributed by atoms with van der Waals surface area (Å²) >= 11 is 0. The first-order valence-electron chi connectivity index (χ1n) is 9.25. The smallest absolute Gasteiger partial charge is 0.158 e. The predicted molar refractivity (Wildman–Crippen MR) is 113 cm³/mol. The Morgan fingerprint density at radius 2 is 2.10 bits per heavy atom. The fourth-order valence-electron chi connectivity index (χ4n) is 3.46. The fourth-order valence-corrected chi connectivity index (χ4v) is 3.46. The molecule has 4 rings (SSSR count). The van der Waals surface area contributed by atoms with Gasteiger partial charge in [-0.2, -0.15) is 10.4 Å². The minimum atomic E-state index is -0.907. The number of hydrogen-bond donors (Lipinski definition) is 3. The number of hydrogen-bond acceptors (Lipinski definition) is 7. The number of piperidine rings is 1. The molecule has 0 saturated carbocycles. The van der Waals surface area contributed by atoms with Gasteiger partial charge in [-0.3, -0.25) is 5.10 Å². The first-order valence-corrected chi connectivity index (χ1v) is 9.25. The number of nitrogens with one attached hydrogen (secondary N) is 3. The Balaban J connectivity index is 0.00000256. The van der Waals surface area contributed by atoms with Gasteiger partial charge in [0.15, 0.2) is 11.5 Å². The van der Waals surface area contributed by atoms with Crippen LogP contribution in [0.4, 0.5) is 16.0 Å². The van der Waals surface area contributed by atoms with E-state index in [1.807, 2.05) is 30.3 Å². The summed E-state index contributed by atoms with van der Waals surface area (Å²) in [5, 5.41) is 22.1. The average molecular weight is 430 g/mol. The molecule has 2 unspecified atom stereocenters. The van der Waals surface area contributed by atoms with Crippen molar-refractivity contribution in [3.8, 4) is 23.1 Å². The van der Waals surface area contributed by atoms with Crippen molar-refractivity contribution in [1.29, 1.82) is 5.26 Å². The second-order valence-corrected chi connectivity index (χ2v) is 6.77. The Hall–Kier alpha value is -3.22. The molecule has 0 radical (unpaired) electrons. The van der Waals surface area contributed by atoms with Gasteiger partial charge in [-0.25, -0.2) is 14.4 Å². The van der Waals surface area contributed by atoms with Gasteiger partial charge in [0.25, 0.3) is 0 Å². The van der Waals surface area contributed by atoms with Crippen molar-refractivity contribution in [3.05, 3.63) is 47.9 Å².